The molecule has 1 aliphatic rings. The van der Waals surface area contributed by atoms with E-state index in [2.05, 4.69) is 0 Å². The van der Waals surface area contributed by atoms with Crippen LogP contribution in [0.2, 0.25) is 10.0 Å². The number of methoxy groups -OCH3 is 1. The van der Waals surface area contributed by atoms with Gasteiger partial charge in [0, 0.05) is 28.6 Å². The highest BCUT2D eigenvalue weighted by atomic mass is 35.5. The molecule has 0 bridgehead atoms. The van der Waals surface area contributed by atoms with Crippen LogP contribution in [-0.2, 0) is 9.53 Å². The molecular formula is C15H19Cl2NO3. The van der Waals surface area contributed by atoms with E-state index in [1.54, 1.807) is 12.1 Å². The van der Waals surface area contributed by atoms with Crippen LogP contribution in [0.15, 0.2) is 18.2 Å². The summed E-state index contributed by atoms with van der Waals surface area (Å²) in [7, 11) is 3.22. The lowest BCUT2D eigenvalue weighted by Gasteiger charge is -2.33. The first kappa shape index (κ1) is 16.6. The largest absolute Gasteiger partial charge is 0.468 e. The van der Waals surface area contributed by atoms with Crippen molar-refractivity contribution in [1.82, 2.24) is 4.90 Å². The molecule has 4 nitrogen and oxygen atoms in total. The lowest BCUT2D eigenvalue weighted by atomic mass is 9.91. The second-order valence-corrected chi connectivity index (χ2v) is 6.48. The molecule has 1 heterocycles. The summed E-state index contributed by atoms with van der Waals surface area (Å²) in [6.07, 6.45) is 0.510. The smallest absolute Gasteiger partial charge is 0.326 e. The van der Waals surface area contributed by atoms with Gasteiger partial charge in [0.1, 0.15) is 5.54 Å². The zero-order chi connectivity index (χ0) is 15.8. The maximum atomic E-state index is 12.1. The molecule has 21 heavy (non-hydrogen) atoms. The van der Waals surface area contributed by atoms with Crippen molar-refractivity contribution in [2.45, 2.75) is 24.9 Å². The van der Waals surface area contributed by atoms with Crippen LogP contribution in [0.25, 0.3) is 0 Å². The SMILES string of the molecule is COC(=O)[C@@]1(C)C[C@H](CO)[C@H](c2ccc(Cl)cc2Cl)N1C. The monoisotopic (exact) mass is 331 g/mol. The second kappa shape index (κ2) is 6.13. The van der Waals surface area contributed by atoms with Crippen LogP contribution >= 0.6 is 23.2 Å². The number of hydrogen-bond donors (Lipinski definition) is 1. The fourth-order valence-corrected chi connectivity index (χ4v) is 3.73. The maximum absolute atomic E-state index is 12.1. The average molecular weight is 332 g/mol. The number of ether oxygens (including phenoxy) is 1. The lowest BCUT2D eigenvalue weighted by Crippen LogP contribution is -2.47. The number of halogens is 2. The molecule has 116 valence electrons. The Morgan fingerprint density at radius 1 is 1.52 bits per heavy atom. The first-order valence-electron chi connectivity index (χ1n) is 6.72. The number of likely N-dealkylation sites (N-methyl/N-ethyl adjacent to an activating group) is 1. The minimum atomic E-state index is -0.782. The van der Waals surface area contributed by atoms with Crippen LogP contribution in [0.3, 0.4) is 0 Å². The standard InChI is InChI=1S/C15H19Cl2NO3/c1-15(14(20)21-3)7-9(8-19)13(18(15)2)11-5-4-10(16)6-12(11)17/h4-6,9,13,19H,7-8H2,1-3H3/t9-,13-,15-/m1/s1. The Hall–Kier alpha value is -0.810. The summed E-state index contributed by atoms with van der Waals surface area (Å²) in [6.45, 7) is 1.80. The maximum Gasteiger partial charge on any atom is 0.326 e. The van der Waals surface area contributed by atoms with E-state index in [1.807, 2.05) is 24.9 Å². The molecule has 1 saturated heterocycles. The summed E-state index contributed by atoms with van der Waals surface area (Å²) in [5, 5.41) is 10.8. The third-order valence-electron chi connectivity index (χ3n) is 4.44. The third-order valence-corrected chi connectivity index (χ3v) is 5.01. The van der Waals surface area contributed by atoms with Crippen molar-refractivity contribution in [1.29, 1.82) is 0 Å². The van der Waals surface area contributed by atoms with Crippen molar-refractivity contribution in [2.24, 2.45) is 5.92 Å². The highest BCUT2D eigenvalue weighted by molar-refractivity contribution is 6.35. The van der Waals surface area contributed by atoms with E-state index in [4.69, 9.17) is 27.9 Å². The zero-order valence-corrected chi connectivity index (χ0v) is 13.8. The van der Waals surface area contributed by atoms with Gasteiger partial charge in [-0.1, -0.05) is 29.3 Å². The molecule has 3 atom stereocenters. The Kier molecular flexibility index (Phi) is 4.83. The Morgan fingerprint density at radius 3 is 2.71 bits per heavy atom. The number of likely N-dealkylation sites (tertiary alicyclic amines) is 1. The highest BCUT2D eigenvalue weighted by Crippen LogP contribution is 2.47. The molecule has 0 saturated carbocycles. The normalized spacial score (nSPS) is 29.6. The van der Waals surface area contributed by atoms with Gasteiger partial charge in [0.05, 0.1) is 7.11 Å². The van der Waals surface area contributed by atoms with Crippen LogP contribution in [0.5, 0.6) is 0 Å². The van der Waals surface area contributed by atoms with Crippen LogP contribution < -0.4 is 0 Å². The van der Waals surface area contributed by atoms with E-state index in [0.29, 0.717) is 16.5 Å². The summed E-state index contributed by atoms with van der Waals surface area (Å²) in [5.41, 5.74) is 0.0747. The fraction of sp³-hybridized carbons (Fsp3) is 0.533. The number of nitrogens with zero attached hydrogens (tertiary/aromatic N) is 1. The molecule has 1 aromatic rings. The minimum absolute atomic E-state index is 0.0272. The van der Waals surface area contributed by atoms with Gasteiger partial charge in [-0.15, -0.1) is 0 Å². The molecule has 1 fully saturated rings. The number of aliphatic hydroxyl groups excluding tert-OH is 1. The molecular weight excluding hydrogens is 313 g/mol. The van der Waals surface area contributed by atoms with Crippen LogP contribution in [-0.4, -0.2) is 42.3 Å². The van der Waals surface area contributed by atoms with Gasteiger partial charge in [-0.25, -0.2) is 0 Å². The number of benzene rings is 1. The summed E-state index contributed by atoms with van der Waals surface area (Å²) >= 11 is 12.2. The van der Waals surface area contributed by atoms with Gasteiger partial charge in [0.15, 0.2) is 0 Å². The molecule has 0 spiro atoms. The van der Waals surface area contributed by atoms with E-state index >= 15 is 0 Å². The third kappa shape index (κ3) is 2.78. The van der Waals surface area contributed by atoms with Crippen molar-refractivity contribution in [3.63, 3.8) is 0 Å². The number of rotatable bonds is 3. The van der Waals surface area contributed by atoms with Gasteiger partial charge in [0.2, 0.25) is 0 Å². The van der Waals surface area contributed by atoms with Crippen molar-refractivity contribution in [3.8, 4) is 0 Å². The second-order valence-electron chi connectivity index (χ2n) is 5.63. The van der Waals surface area contributed by atoms with Gasteiger partial charge in [-0.05, 0) is 38.1 Å². The van der Waals surface area contributed by atoms with Crippen molar-refractivity contribution in [3.05, 3.63) is 33.8 Å². The first-order valence-corrected chi connectivity index (χ1v) is 7.48. The van der Waals surface area contributed by atoms with Crippen molar-refractivity contribution < 1.29 is 14.6 Å². The Labute approximate surface area is 134 Å². The Bertz CT molecular complexity index is 552. The molecule has 0 aromatic heterocycles. The summed E-state index contributed by atoms with van der Waals surface area (Å²) < 4.78 is 4.92. The number of esters is 1. The molecule has 0 aliphatic carbocycles. The number of carbonyl (C=O) groups excluding carboxylic acids is 1. The van der Waals surface area contributed by atoms with E-state index < -0.39 is 5.54 Å². The minimum Gasteiger partial charge on any atom is -0.468 e. The van der Waals surface area contributed by atoms with Crippen LogP contribution in [0.1, 0.15) is 24.9 Å². The van der Waals surface area contributed by atoms with Gasteiger partial charge in [-0.3, -0.25) is 9.69 Å². The topological polar surface area (TPSA) is 49.8 Å². The number of carbonyl (C=O) groups is 1. The van der Waals surface area contributed by atoms with Crippen molar-refractivity contribution in [2.75, 3.05) is 20.8 Å². The molecule has 1 N–H and O–H groups in total. The Morgan fingerprint density at radius 2 is 2.19 bits per heavy atom. The Balaban J connectivity index is 2.44. The number of aliphatic hydroxyl groups is 1. The van der Waals surface area contributed by atoms with E-state index in [-0.39, 0.29) is 24.5 Å². The van der Waals surface area contributed by atoms with Crippen LogP contribution in [0, 0.1) is 5.92 Å². The molecule has 2 rings (SSSR count). The van der Waals surface area contributed by atoms with E-state index in [0.717, 1.165) is 5.56 Å². The van der Waals surface area contributed by atoms with E-state index in [1.165, 1.54) is 7.11 Å². The predicted molar refractivity (Wildman–Crippen MR) is 82.6 cm³/mol. The summed E-state index contributed by atoms with van der Waals surface area (Å²) in [4.78, 5) is 14.0. The summed E-state index contributed by atoms with van der Waals surface area (Å²) in [5.74, 6) is -0.409. The lowest BCUT2D eigenvalue weighted by molar-refractivity contribution is -0.152. The quantitative estimate of drug-likeness (QED) is 0.865. The molecule has 1 aromatic carbocycles. The molecule has 0 radical (unpaired) electrons. The highest BCUT2D eigenvalue weighted by Gasteiger charge is 2.52. The zero-order valence-electron chi connectivity index (χ0n) is 12.3. The predicted octanol–water partition coefficient (Wildman–Crippen LogP) is 2.91. The molecule has 0 amide bonds. The van der Waals surface area contributed by atoms with Crippen molar-refractivity contribution >= 4 is 29.2 Å². The van der Waals surface area contributed by atoms with Gasteiger partial charge in [0.25, 0.3) is 0 Å². The number of hydrogen-bond acceptors (Lipinski definition) is 4. The first-order chi connectivity index (χ1) is 9.85. The van der Waals surface area contributed by atoms with Crippen LogP contribution in [0.4, 0.5) is 0 Å². The van der Waals surface area contributed by atoms with Gasteiger partial charge >= 0.3 is 5.97 Å². The molecule has 6 heteroatoms. The summed E-state index contributed by atoms with van der Waals surface area (Å²) in [6, 6.07) is 5.12. The van der Waals surface area contributed by atoms with E-state index in [9.17, 15) is 9.90 Å². The van der Waals surface area contributed by atoms with Gasteiger partial charge in [-0.2, -0.15) is 0 Å². The average Bonchev–Trinajstić information content (AvgIpc) is 2.71. The fourth-order valence-electron chi connectivity index (χ4n) is 3.20. The molecule has 1 aliphatic heterocycles. The van der Waals surface area contributed by atoms with Gasteiger partial charge < -0.3 is 9.84 Å². The molecule has 0 unspecified atom stereocenters.